The number of rotatable bonds is 4. The quantitative estimate of drug-likeness (QED) is 0.858. The minimum absolute atomic E-state index is 0.726. The van der Waals surface area contributed by atoms with E-state index in [9.17, 15) is 0 Å². The van der Waals surface area contributed by atoms with Gasteiger partial charge in [0.1, 0.15) is 0 Å². The lowest BCUT2D eigenvalue weighted by Gasteiger charge is -2.27. The van der Waals surface area contributed by atoms with Crippen molar-refractivity contribution in [3.8, 4) is 0 Å². The Labute approximate surface area is 105 Å². The van der Waals surface area contributed by atoms with Gasteiger partial charge in [-0.05, 0) is 70.0 Å². The zero-order chi connectivity index (χ0) is 12.3. The SMILES string of the molecule is CNCCC1CCCN1c1cc(C)cc(C)c1. The van der Waals surface area contributed by atoms with Gasteiger partial charge < -0.3 is 10.2 Å². The predicted molar refractivity (Wildman–Crippen MR) is 74.8 cm³/mol. The van der Waals surface area contributed by atoms with E-state index in [1.165, 1.54) is 42.6 Å². The first-order valence-electron chi connectivity index (χ1n) is 6.70. The van der Waals surface area contributed by atoms with Crippen molar-refractivity contribution in [3.63, 3.8) is 0 Å². The van der Waals surface area contributed by atoms with Gasteiger partial charge in [0.25, 0.3) is 0 Å². The van der Waals surface area contributed by atoms with Gasteiger partial charge in [-0.25, -0.2) is 0 Å². The Morgan fingerprint density at radius 3 is 2.59 bits per heavy atom. The standard InChI is InChI=1S/C15H24N2/c1-12-9-13(2)11-15(10-12)17-8-4-5-14(17)6-7-16-3/h9-11,14,16H,4-8H2,1-3H3. The molecule has 0 spiro atoms. The van der Waals surface area contributed by atoms with Crippen LogP contribution in [0.5, 0.6) is 0 Å². The van der Waals surface area contributed by atoms with E-state index < -0.39 is 0 Å². The second-order valence-electron chi connectivity index (χ2n) is 5.23. The molecule has 0 aromatic heterocycles. The van der Waals surface area contributed by atoms with E-state index in [0.29, 0.717) is 0 Å². The van der Waals surface area contributed by atoms with Gasteiger partial charge in [0, 0.05) is 18.3 Å². The van der Waals surface area contributed by atoms with Gasteiger partial charge in [0.2, 0.25) is 0 Å². The smallest absolute Gasteiger partial charge is 0.0374 e. The fourth-order valence-electron chi connectivity index (χ4n) is 2.90. The highest BCUT2D eigenvalue weighted by Gasteiger charge is 2.24. The molecular formula is C15H24N2. The maximum Gasteiger partial charge on any atom is 0.0374 e. The van der Waals surface area contributed by atoms with Crippen molar-refractivity contribution in [1.82, 2.24) is 5.32 Å². The van der Waals surface area contributed by atoms with Gasteiger partial charge >= 0.3 is 0 Å². The highest BCUT2D eigenvalue weighted by molar-refractivity contribution is 5.52. The maximum absolute atomic E-state index is 3.26. The molecule has 1 fully saturated rings. The summed E-state index contributed by atoms with van der Waals surface area (Å²) in [5.41, 5.74) is 4.17. The van der Waals surface area contributed by atoms with Crippen molar-refractivity contribution >= 4 is 5.69 Å². The topological polar surface area (TPSA) is 15.3 Å². The maximum atomic E-state index is 3.26. The summed E-state index contributed by atoms with van der Waals surface area (Å²) in [5.74, 6) is 0. The third-order valence-electron chi connectivity index (χ3n) is 3.64. The molecule has 0 amide bonds. The third kappa shape index (κ3) is 3.01. The largest absolute Gasteiger partial charge is 0.368 e. The number of hydrogen-bond acceptors (Lipinski definition) is 2. The lowest BCUT2D eigenvalue weighted by atomic mass is 10.1. The van der Waals surface area contributed by atoms with Crippen molar-refractivity contribution in [2.24, 2.45) is 0 Å². The molecule has 1 unspecified atom stereocenters. The number of aryl methyl sites for hydroxylation is 2. The van der Waals surface area contributed by atoms with E-state index in [2.05, 4.69) is 42.3 Å². The molecule has 1 atom stereocenters. The Morgan fingerprint density at radius 1 is 1.24 bits per heavy atom. The average Bonchev–Trinajstić information content (AvgIpc) is 2.73. The van der Waals surface area contributed by atoms with Gasteiger partial charge in [-0.3, -0.25) is 0 Å². The molecule has 1 aromatic rings. The van der Waals surface area contributed by atoms with Crippen LogP contribution in [0.15, 0.2) is 18.2 Å². The van der Waals surface area contributed by atoms with Gasteiger partial charge in [-0.1, -0.05) is 6.07 Å². The highest BCUT2D eigenvalue weighted by atomic mass is 15.2. The summed E-state index contributed by atoms with van der Waals surface area (Å²) < 4.78 is 0. The molecule has 0 aliphatic carbocycles. The summed E-state index contributed by atoms with van der Waals surface area (Å²) >= 11 is 0. The van der Waals surface area contributed by atoms with Crippen LogP contribution in [0.1, 0.15) is 30.4 Å². The zero-order valence-electron chi connectivity index (χ0n) is 11.3. The van der Waals surface area contributed by atoms with Gasteiger partial charge in [-0.15, -0.1) is 0 Å². The monoisotopic (exact) mass is 232 g/mol. The van der Waals surface area contributed by atoms with E-state index in [4.69, 9.17) is 0 Å². The number of nitrogens with one attached hydrogen (secondary N) is 1. The Kier molecular flexibility index (Phi) is 4.06. The molecule has 0 saturated carbocycles. The van der Waals surface area contributed by atoms with E-state index in [0.717, 1.165) is 12.6 Å². The first-order valence-corrected chi connectivity index (χ1v) is 6.70. The number of benzene rings is 1. The van der Waals surface area contributed by atoms with Gasteiger partial charge in [-0.2, -0.15) is 0 Å². The summed E-state index contributed by atoms with van der Waals surface area (Å²) in [5, 5.41) is 3.26. The van der Waals surface area contributed by atoms with Crippen LogP contribution in [-0.2, 0) is 0 Å². The second kappa shape index (κ2) is 5.54. The van der Waals surface area contributed by atoms with Crippen LogP contribution in [0, 0.1) is 13.8 Å². The molecule has 1 aromatic carbocycles. The van der Waals surface area contributed by atoms with E-state index in [-0.39, 0.29) is 0 Å². The van der Waals surface area contributed by atoms with Gasteiger partial charge in [0.05, 0.1) is 0 Å². The summed E-state index contributed by atoms with van der Waals surface area (Å²) in [6.45, 7) is 6.72. The fourth-order valence-corrected chi connectivity index (χ4v) is 2.90. The molecule has 2 rings (SSSR count). The second-order valence-corrected chi connectivity index (χ2v) is 5.23. The fraction of sp³-hybridized carbons (Fsp3) is 0.600. The molecule has 0 radical (unpaired) electrons. The Hall–Kier alpha value is -1.02. The minimum atomic E-state index is 0.726. The molecule has 1 N–H and O–H groups in total. The lowest BCUT2D eigenvalue weighted by Crippen LogP contribution is -2.31. The Balaban J connectivity index is 2.14. The molecule has 17 heavy (non-hydrogen) atoms. The van der Waals surface area contributed by atoms with Crippen molar-refractivity contribution in [2.45, 2.75) is 39.2 Å². The van der Waals surface area contributed by atoms with E-state index >= 15 is 0 Å². The normalized spacial score (nSPS) is 19.9. The Bertz CT molecular complexity index is 353. The van der Waals surface area contributed by atoms with E-state index in [1.54, 1.807) is 0 Å². The van der Waals surface area contributed by atoms with Crippen LogP contribution >= 0.6 is 0 Å². The first kappa shape index (κ1) is 12.4. The molecule has 0 bridgehead atoms. The van der Waals surface area contributed by atoms with Crippen LogP contribution in [0.2, 0.25) is 0 Å². The molecule has 1 heterocycles. The van der Waals surface area contributed by atoms with E-state index in [1.807, 2.05) is 7.05 Å². The van der Waals surface area contributed by atoms with Crippen molar-refractivity contribution in [1.29, 1.82) is 0 Å². The van der Waals surface area contributed by atoms with Crippen LogP contribution in [0.25, 0.3) is 0 Å². The molecule has 94 valence electrons. The van der Waals surface area contributed by atoms with Crippen LogP contribution in [-0.4, -0.2) is 26.2 Å². The lowest BCUT2D eigenvalue weighted by molar-refractivity contribution is 0.585. The number of hydrogen-bond donors (Lipinski definition) is 1. The predicted octanol–water partition coefficient (Wildman–Crippen LogP) is 2.88. The summed E-state index contributed by atoms with van der Waals surface area (Å²) in [7, 11) is 2.04. The Morgan fingerprint density at radius 2 is 1.94 bits per heavy atom. The van der Waals surface area contributed by atoms with Crippen molar-refractivity contribution < 1.29 is 0 Å². The van der Waals surface area contributed by atoms with Gasteiger partial charge in [0.15, 0.2) is 0 Å². The minimum Gasteiger partial charge on any atom is -0.368 e. The molecule has 1 aliphatic rings. The molecule has 2 nitrogen and oxygen atoms in total. The zero-order valence-corrected chi connectivity index (χ0v) is 11.3. The molecular weight excluding hydrogens is 208 g/mol. The number of anilines is 1. The number of nitrogens with zero attached hydrogens (tertiary/aromatic N) is 1. The average molecular weight is 232 g/mol. The van der Waals surface area contributed by atoms with Crippen LogP contribution in [0.4, 0.5) is 5.69 Å². The summed E-state index contributed by atoms with van der Waals surface area (Å²) in [6.07, 6.45) is 3.93. The van der Waals surface area contributed by atoms with Crippen LogP contribution in [0.3, 0.4) is 0 Å². The first-order chi connectivity index (χ1) is 8.20. The summed E-state index contributed by atoms with van der Waals surface area (Å²) in [4.78, 5) is 2.59. The third-order valence-corrected chi connectivity index (χ3v) is 3.64. The van der Waals surface area contributed by atoms with Crippen LogP contribution < -0.4 is 10.2 Å². The van der Waals surface area contributed by atoms with Crippen molar-refractivity contribution in [2.75, 3.05) is 25.0 Å². The molecule has 1 aliphatic heterocycles. The molecule has 2 heteroatoms. The highest BCUT2D eigenvalue weighted by Crippen LogP contribution is 2.28. The summed E-state index contributed by atoms with van der Waals surface area (Å²) in [6, 6.07) is 7.63. The van der Waals surface area contributed by atoms with Crippen molar-refractivity contribution in [3.05, 3.63) is 29.3 Å². The molecule has 1 saturated heterocycles.